The van der Waals surface area contributed by atoms with Gasteiger partial charge in [0.2, 0.25) is 5.89 Å². The third kappa shape index (κ3) is 5.29. The first kappa shape index (κ1) is 19.9. The number of likely N-dealkylation sites (N-methyl/N-ethyl adjacent to an activating group) is 1. The van der Waals surface area contributed by atoms with E-state index < -0.39 is 9.84 Å². The molecule has 0 aliphatic heterocycles. The van der Waals surface area contributed by atoms with E-state index in [-0.39, 0.29) is 17.0 Å². The van der Waals surface area contributed by atoms with Crippen LogP contribution < -0.4 is 5.32 Å². The molecule has 0 radical (unpaired) electrons. The first-order valence-electron chi connectivity index (χ1n) is 8.35. The van der Waals surface area contributed by atoms with Crippen LogP contribution in [0, 0.1) is 0 Å². The molecule has 0 fully saturated rings. The molecule has 2 aromatic rings. The summed E-state index contributed by atoms with van der Waals surface area (Å²) >= 11 is 1.42. The Labute approximate surface area is 153 Å². The molecule has 0 spiro atoms. The average Bonchev–Trinajstić information content (AvgIpc) is 3.03. The number of hydrogen-bond acceptors (Lipinski definition) is 7. The lowest BCUT2D eigenvalue weighted by Gasteiger charge is -2.12. The van der Waals surface area contributed by atoms with E-state index in [4.69, 9.17) is 4.52 Å². The topological polar surface area (TPSA) is 85.1 Å². The van der Waals surface area contributed by atoms with Crippen molar-refractivity contribution in [1.29, 1.82) is 0 Å². The average molecular weight is 384 g/mol. The van der Waals surface area contributed by atoms with Gasteiger partial charge in [0.1, 0.15) is 0 Å². The fourth-order valence-electron chi connectivity index (χ4n) is 2.32. The van der Waals surface area contributed by atoms with E-state index in [0.29, 0.717) is 34.3 Å². The standard InChI is InChI=1S/C17H25N3O3S2/c1-5-10-25(21,22)15-9-7-6-8-14(15)24-13(3)17-19-16(20-23-17)11-12(2)18-4/h6-9,12-13,18H,5,10-11H2,1-4H3. The normalized spacial score (nSPS) is 14.4. The molecule has 1 aromatic carbocycles. The lowest BCUT2D eigenvalue weighted by Crippen LogP contribution is -2.24. The molecule has 0 aliphatic carbocycles. The number of benzene rings is 1. The number of nitrogens with zero attached hydrogens (tertiary/aromatic N) is 2. The molecule has 1 heterocycles. The van der Waals surface area contributed by atoms with Crippen molar-refractivity contribution in [2.45, 2.75) is 54.7 Å². The third-order valence-corrected chi connectivity index (χ3v) is 7.04. The quantitative estimate of drug-likeness (QED) is 0.665. The second-order valence-corrected chi connectivity index (χ2v) is 9.43. The predicted octanol–water partition coefficient (Wildman–Crippen LogP) is 3.26. The van der Waals surface area contributed by atoms with Gasteiger partial charge in [-0.25, -0.2) is 8.42 Å². The maximum Gasteiger partial charge on any atom is 0.239 e. The zero-order valence-corrected chi connectivity index (χ0v) is 16.7. The third-order valence-electron chi connectivity index (χ3n) is 3.77. The van der Waals surface area contributed by atoms with E-state index in [1.165, 1.54) is 11.8 Å². The summed E-state index contributed by atoms with van der Waals surface area (Å²) in [6, 6.07) is 7.33. The molecule has 2 unspecified atom stereocenters. The largest absolute Gasteiger partial charge is 0.338 e. The lowest BCUT2D eigenvalue weighted by molar-refractivity contribution is 0.373. The summed E-state index contributed by atoms with van der Waals surface area (Å²) < 4.78 is 30.3. The van der Waals surface area contributed by atoms with E-state index in [1.807, 2.05) is 40.0 Å². The van der Waals surface area contributed by atoms with Crippen LogP contribution in [0.3, 0.4) is 0 Å². The summed E-state index contributed by atoms with van der Waals surface area (Å²) in [7, 11) is -1.39. The minimum Gasteiger partial charge on any atom is -0.338 e. The predicted molar refractivity (Wildman–Crippen MR) is 99.6 cm³/mol. The van der Waals surface area contributed by atoms with Crippen molar-refractivity contribution in [1.82, 2.24) is 15.5 Å². The zero-order valence-electron chi connectivity index (χ0n) is 15.0. The van der Waals surface area contributed by atoms with Gasteiger partial charge in [0, 0.05) is 17.4 Å². The van der Waals surface area contributed by atoms with Crippen molar-refractivity contribution in [3.05, 3.63) is 36.0 Å². The maximum absolute atomic E-state index is 12.5. The summed E-state index contributed by atoms with van der Waals surface area (Å²) in [5, 5.41) is 7.01. The van der Waals surface area contributed by atoms with E-state index in [9.17, 15) is 8.42 Å². The second kappa shape index (κ2) is 8.82. The number of thioether (sulfide) groups is 1. The molecule has 0 aliphatic rings. The van der Waals surface area contributed by atoms with Gasteiger partial charge < -0.3 is 9.84 Å². The molecule has 0 saturated carbocycles. The van der Waals surface area contributed by atoms with Crippen LogP contribution in [-0.4, -0.2) is 37.4 Å². The smallest absolute Gasteiger partial charge is 0.239 e. The SMILES string of the molecule is CCCS(=O)(=O)c1ccccc1SC(C)c1nc(CC(C)NC)no1. The minimum absolute atomic E-state index is 0.135. The number of aromatic nitrogens is 2. The Morgan fingerprint density at radius 1 is 1.28 bits per heavy atom. The molecule has 138 valence electrons. The molecule has 8 heteroatoms. The monoisotopic (exact) mass is 383 g/mol. The van der Waals surface area contributed by atoms with Crippen LogP contribution in [-0.2, 0) is 16.3 Å². The second-order valence-electron chi connectivity index (χ2n) is 5.97. The van der Waals surface area contributed by atoms with Gasteiger partial charge in [0.15, 0.2) is 15.7 Å². The molecule has 1 N–H and O–H groups in total. The van der Waals surface area contributed by atoms with Gasteiger partial charge in [0.05, 0.1) is 15.9 Å². The van der Waals surface area contributed by atoms with Crippen molar-refractivity contribution in [3.8, 4) is 0 Å². The molecule has 25 heavy (non-hydrogen) atoms. The summed E-state index contributed by atoms with van der Waals surface area (Å²) in [5.41, 5.74) is 0. The molecule has 1 aromatic heterocycles. The molecular formula is C17H25N3O3S2. The van der Waals surface area contributed by atoms with Crippen molar-refractivity contribution in [2.75, 3.05) is 12.8 Å². The molecule has 0 bridgehead atoms. The Balaban J connectivity index is 2.17. The van der Waals surface area contributed by atoms with E-state index in [1.54, 1.807) is 12.1 Å². The van der Waals surface area contributed by atoms with E-state index >= 15 is 0 Å². The van der Waals surface area contributed by atoms with Gasteiger partial charge in [-0.2, -0.15) is 4.98 Å². The highest BCUT2D eigenvalue weighted by molar-refractivity contribution is 8.00. The fourth-order valence-corrected chi connectivity index (χ4v) is 5.18. The van der Waals surface area contributed by atoms with Crippen LogP contribution in [0.25, 0.3) is 0 Å². The molecule has 0 amide bonds. The van der Waals surface area contributed by atoms with Crippen molar-refractivity contribution in [3.63, 3.8) is 0 Å². The highest BCUT2D eigenvalue weighted by Crippen LogP contribution is 2.37. The van der Waals surface area contributed by atoms with Crippen LogP contribution in [0.4, 0.5) is 0 Å². The van der Waals surface area contributed by atoms with Crippen LogP contribution >= 0.6 is 11.8 Å². The van der Waals surface area contributed by atoms with Gasteiger partial charge in [-0.15, -0.1) is 11.8 Å². The summed E-state index contributed by atoms with van der Waals surface area (Å²) in [4.78, 5) is 5.52. The van der Waals surface area contributed by atoms with Gasteiger partial charge in [-0.3, -0.25) is 0 Å². The lowest BCUT2D eigenvalue weighted by atomic mass is 10.2. The first-order chi connectivity index (χ1) is 11.9. The molecular weight excluding hydrogens is 358 g/mol. The number of rotatable bonds is 9. The Bertz CT molecular complexity index is 790. The van der Waals surface area contributed by atoms with E-state index in [0.717, 1.165) is 0 Å². The maximum atomic E-state index is 12.5. The van der Waals surface area contributed by atoms with Crippen LogP contribution in [0.15, 0.2) is 38.6 Å². The zero-order chi connectivity index (χ0) is 18.4. The minimum atomic E-state index is -3.28. The Hall–Kier alpha value is -1.38. The number of nitrogens with one attached hydrogen (secondary N) is 1. The molecule has 2 rings (SSSR count). The van der Waals surface area contributed by atoms with Gasteiger partial charge in [0.25, 0.3) is 0 Å². The van der Waals surface area contributed by atoms with Gasteiger partial charge in [-0.05, 0) is 39.4 Å². The Morgan fingerprint density at radius 3 is 2.68 bits per heavy atom. The summed E-state index contributed by atoms with van der Waals surface area (Å²) in [5.74, 6) is 1.30. The highest BCUT2D eigenvalue weighted by Gasteiger charge is 2.22. The number of sulfone groups is 1. The molecule has 0 saturated heterocycles. The molecule has 2 atom stereocenters. The first-order valence-corrected chi connectivity index (χ1v) is 10.9. The Morgan fingerprint density at radius 2 is 2.00 bits per heavy atom. The van der Waals surface area contributed by atoms with Gasteiger partial charge in [-0.1, -0.05) is 24.2 Å². The summed E-state index contributed by atoms with van der Waals surface area (Å²) in [6.45, 7) is 5.85. The van der Waals surface area contributed by atoms with Gasteiger partial charge >= 0.3 is 0 Å². The van der Waals surface area contributed by atoms with Crippen LogP contribution in [0.2, 0.25) is 0 Å². The van der Waals surface area contributed by atoms with Crippen molar-refractivity contribution < 1.29 is 12.9 Å². The van der Waals surface area contributed by atoms with Crippen molar-refractivity contribution in [2.24, 2.45) is 0 Å². The number of hydrogen-bond donors (Lipinski definition) is 1. The Kier molecular flexibility index (Phi) is 7.04. The summed E-state index contributed by atoms with van der Waals surface area (Å²) in [6.07, 6.45) is 1.27. The highest BCUT2D eigenvalue weighted by atomic mass is 32.2. The van der Waals surface area contributed by atoms with Crippen molar-refractivity contribution >= 4 is 21.6 Å². The molecule has 6 nitrogen and oxygen atoms in total. The van der Waals surface area contributed by atoms with Crippen LogP contribution in [0.5, 0.6) is 0 Å². The van der Waals surface area contributed by atoms with E-state index in [2.05, 4.69) is 15.5 Å². The van der Waals surface area contributed by atoms with Crippen LogP contribution in [0.1, 0.15) is 44.2 Å². The fraction of sp³-hybridized carbons (Fsp3) is 0.529.